The van der Waals surface area contributed by atoms with Gasteiger partial charge in [0.25, 0.3) is 5.91 Å². The van der Waals surface area contributed by atoms with E-state index in [4.69, 9.17) is 0 Å². The van der Waals surface area contributed by atoms with Gasteiger partial charge in [-0.3, -0.25) is 4.79 Å². The van der Waals surface area contributed by atoms with Crippen LogP contribution in [0.2, 0.25) is 0 Å². The van der Waals surface area contributed by atoms with Crippen LogP contribution < -0.4 is 5.32 Å². The molecule has 0 bridgehead atoms. The average molecular weight is 307 g/mol. The Kier molecular flexibility index (Phi) is 5.71. The number of hydrogen-bond acceptors (Lipinski definition) is 3. The van der Waals surface area contributed by atoms with Crippen LogP contribution in [-0.4, -0.2) is 29.4 Å². The predicted molar refractivity (Wildman–Crippen MR) is 88.6 cm³/mol. The second-order valence-electron chi connectivity index (χ2n) is 6.21. The van der Waals surface area contributed by atoms with Crippen molar-refractivity contribution in [2.75, 3.05) is 12.9 Å². The molecule has 1 fully saturated rings. The van der Waals surface area contributed by atoms with Crippen LogP contribution >= 0.6 is 11.8 Å². The summed E-state index contributed by atoms with van der Waals surface area (Å²) >= 11 is 1.77. The largest absolute Gasteiger partial charge is 0.394 e. The SMILES string of the molecule is CSCc1ccc(C(=O)NC2(CO)CCC(C)CC2)cc1. The zero-order valence-electron chi connectivity index (χ0n) is 12.9. The average Bonchev–Trinajstić information content (AvgIpc) is 2.51. The Labute approximate surface area is 131 Å². The standard InChI is InChI=1S/C17H25NO2S/c1-13-7-9-17(12-19,10-8-13)18-16(20)15-5-3-14(4-6-15)11-21-2/h3-6,13,19H,7-12H2,1-2H3,(H,18,20). The topological polar surface area (TPSA) is 49.3 Å². The van der Waals surface area contributed by atoms with Crippen LogP contribution in [0.25, 0.3) is 0 Å². The Balaban J connectivity index is 2.02. The van der Waals surface area contributed by atoms with Gasteiger partial charge in [-0.25, -0.2) is 0 Å². The molecular formula is C17H25NO2S. The van der Waals surface area contributed by atoms with Gasteiger partial charge in [-0.2, -0.15) is 11.8 Å². The molecule has 1 aliphatic carbocycles. The first-order chi connectivity index (χ1) is 10.1. The van der Waals surface area contributed by atoms with Gasteiger partial charge in [0.15, 0.2) is 0 Å². The summed E-state index contributed by atoms with van der Waals surface area (Å²) in [6.07, 6.45) is 5.92. The minimum Gasteiger partial charge on any atom is -0.394 e. The van der Waals surface area contributed by atoms with Gasteiger partial charge in [0.05, 0.1) is 12.1 Å². The molecule has 0 atom stereocenters. The zero-order valence-corrected chi connectivity index (χ0v) is 13.7. The third-order valence-corrected chi connectivity index (χ3v) is 5.06. The van der Waals surface area contributed by atoms with E-state index in [2.05, 4.69) is 18.5 Å². The molecular weight excluding hydrogens is 282 g/mol. The lowest BCUT2D eigenvalue weighted by molar-refractivity contribution is 0.0717. The minimum absolute atomic E-state index is 0.0238. The molecule has 1 aromatic carbocycles. The number of rotatable bonds is 5. The summed E-state index contributed by atoms with van der Waals surface area (Å²) in [6.45, 7) is 2.25. The van der Waals surface area contributed by atoms with Crippen LogP contribution in [0.4, 0.5) is 0 Å². The van der Waals surface area contributed by atoms with Crippen molar-refractivity contribution in [3.8, 4) is 0 Å². The Hall–Kier alpha value is -1.00. The Bertz CT molecular complexity index is 464. The van der Waals surface area contributed by atoms with Crippen molar-refractivity contribution in [2.45, 2.75) is 43.9 Å². The van der Waals surface area contributed by atoms with Gasteiger partial charge in [-0.15, -0.1) is 0 Å². The van der Waals surface area contributed by atoms with Crippen molar-refractivity contribution in [3.05, 3.63) is 35.4 Å². The first-order valence-corrected chi connectivity index (χ1v) is 8.99. The Morgan fingerprint density at radius 1 is 1.33 bits per heavy atom. The number of aliphatic hydroxyl groups is 1. The molecule has 0 saturated heterocycles. The predicted octanol–water partition coefficient (Wildman–Crippen LogP) is 3.22. The molecule has 0 radical (unpaired) electrons. The summed E-state index contributed by atoms with van der Waals surface area (Å²) in [6, 6.07) is 7.74. The maximum atomic E-state index is 12.4. The molecule has 1 aliphatic rings. The third kappa shape index (κ3) is 4.24. The molecule has 116 valence electrons. The van der Waals surface area contributed by atoms with Crippen molar-refractivity contribution in [1.29, 1.82) is 0 Å². The van der Waals surface area contributed by atoms with Crippen LogP contribution in [0.15, 0.2) is 24.3 Å². The summed E-state index contributed by atoms with van der Waals surface area (Å²) in [5.41, 5.74) is 1.47. The molecule has 0 heterocycles. The second kappa shape index (κ2) is 7.32. The lowest BCUT2D eigenvalue weighted by Crippen LogP contribution is -2.53. The maximum absolute atomic E-state index is 12.4. The van der Waals surface area contributed by atoms with Crippen molar-refractivity contribution in [2.24, 2.45) is 5.92 Å². The zero-order chi connectivity index (χ0) is 15.3. The first-order valence-electron chi connectivity index (χ1n) is 7.60. The monoisotopic (exact) mass is 307 g/mol. The summed E-state index contributed by atoms with van der Waals surface area (Å²) in [5, 5.41) is 12.8. The molecule has 1 aromatic rings. The van der Waals surface area contributed by atoms with E-state index in [1.54, 1.807) is 11.8 Å². The summed E-state index contributed by atoms with van der Waals surface area (Å²) in [7, 11) is 0. The van der Waals surface area contributed by atoms with E-state index in [-0.39, 0.29) is 12.5 Å². The number of hydrogen-bond donors (Lipinski definition) is 2. The van der Waals surface area contributed by atoms with Gasteiger partial charge >= 0.3 is 0 Å². The summed E-state index contributed by atoms with van der Waals surface area (Å²) in [5.74, 6) is 1.57. The lowest BCUT2D eigenvalue weighted by atomic mass is 9.77. The van der Waals surface area contributed by atoms with E-state index in [0.29, 0.717) is 11.5 Å². The van der Waals surface area contributed by atoms with Gasteiger partial charge in [-0.05, 0) is 55.6 Å². The van der Waals surface area contributed by atoms with Gasteiger partial charge in [0, 0.05) is 11.3 Å². The van der Waals surface area contributed by atoms with Crippen molar-refractivity contribution in [3.63, 3.8) is 0 Å². The van der Waals surface area contributed by atoms with Crippen LogP contribution in [0.3, 0.4) is 0 Å². The molecule has 2 N–H and O–H groups in total. The van der Waals surface area contributed by atoms with Gasteiger partial charge in [0.1, 0.15) is 0 Å². The van der Waals surface area contributed by atoms with E-state index in [1.165, 1.54) is 5.56 Å². The molecule has 0 aromatic heterocycles. The van der Waals surface area contributed by atoms with Gasteiger partial charge in [0.2, 0.25) is 0 Å². The summed E-state index contributed by atoms with van der Waals surface area (Å²) in [4.78, 5) is 12.4. The fraction of sp³-hybridized carbons (Fsp3) is 0.588. The highest BCUT2D eigenvalue weighted by atomic mass is 32.2. The maximum Gasteiger partial charge on any atom is 0.251 e. The molecule has 4 heteroatoms. The lowest BCUT2D eigenvalue weighted by Gasteiger charge is -2.38. The van der Waals surface area contributed by atoms with Gasteiger partial charge in [-0.1, -0.05) is 19.1 Å². The summed E-state index contributed by atoms with van der Waals surface area (Å²) < 4.78 is 0. The number of amides is 1. The molecule has 1 saturated carbocycles. The molecule has 3 nitrogen and oxygen atoms in total. The van der Waals surface area contributed by atoms with Crippen LogP contribution in [0.1, 0.15) is 48.5 Å². The van der Waals surface area contributed by atoms with Crippen molar-refractivity contribution >= 4 is 17.7 Å². The molecule has 1 amide bonds. The number of carbonyl (C=O) groups excluding carboxylic acids is 1. The Morgan fingerprint density at radius 3 is 2.48 bits per heavy atom. The number of thioether (sulfide) groups is 1. The third-order valence-electron chi connectivity index (χ3n) is 4.44. The van der Waals surface area contributed by atoms with Crippen LogP contribution in [0, 0.1) is 5.92 Å². The van der Waals surface area contributed by atoms with Gasteiger partial charge < -0.3 is 10.4 Å². The van der Waals surface area contributed by atoms with E-state index < -0.39 is 5.54 Å². The minimum atomic E-state index is -0.429. The molecule has 21 heavy (non-hydrogen) atoms. The van der Waals surface area contributed by atoms with Crippen LogP contribution in [0.5, 0.6) is 0 Å². The van der Waals surface area contributed by atoms with Crippen LogP contribution in [-0.2, 0) is 5.75 Å². The van der Waals surface area contributed by atoms with E-state index in [9.17, 15) is 9.90 Å². The highest BCUT2D eigenvalue weighted by Gasteiger charge is 2.35. The van der Waals surface area contributed by atoms with Crippen molar-refractivity contribution in [1.82, 2.24) is 5.32 Å². The number of benzene rings is 1. The fourth-order valence-corrected chi connectivity index (χ4v) is 3.40. The Morgan fingerprint density at radius 2 is 1.95 bits per heavy atom. The number of carbonyl (C=O) groups is 1. The van der Waals surface area contributed by atoms with E-state index in [0.717, 1.165) is 31.4 Å². The molecule has 0 spiro atoms. The van der Waals surface area contributed by atoms with E-state index >= 15 is 0 Å². The first kappa shape index (κ1) is 16.4. The van der Waals surface area contributed by atoms with E-state index in [1.807, 2.05) is 24.3 Å². The highest BCUT2D eigenvalue weighted by molar-refractivity contribution is 7.97. The number of aliphatic hydroxyl groups excluding tert-OH is 1. The molecule has 0 aliphatic heterocycles. The highest BCUT2D eigenvalue weighted by Crippen LogP contribution is 2.31. The number of nitrogens with one attached hydrogen (secondary N) is 1. The molecule has 0 unspecified atom stereocenters. The second-order valence-corrected chi connectivity index (χ2v) is 7.07. The molecule has 2 rings (SSSR count). The van der Waals surface area contributed by atoms with Crippen molar-refractivity contribution < 1.29 is 9.90 Å². The smallest absolute Gasteiger partial charge is 0.251 e. The fourth-order valence-electron chi connectivity index (χ4n) is 2.87. The quantitative estimate of drug-likeness (QED) is 0.878. The normalized spacial score (nSPS) is 25.6.